The minimum atomic E-state index is -0.889. The quantitative estimate of drug-likeness (QED) is 0.615. The highest BCUT2D eigenvalue weighted by atomic mass is 32.2. The Hall–Kier alpha value is -1.11. The number of aromatic amines is 1. The number of carboxylic acids is 1. The third-order valence-corrected chi connectivity index (χ3v) is 1.89. The molecule has 1 atom stereocenters. The molecule has 0 amide bonds. The molecule has 1 aromatic rings. The van der Waals surface area contributed by atoms with Crippen molar-refractivity contribution in [2.45, 2.75) is 17.3 Å². The van der Waals surface area contributed by atoms with Gasteiger partial charge in [0.05, 0.1) is 0 Å². The largest absolute Gasteiger partial charge is 0.480 e. The van der Waals surface area contributed by atoms with Gasteiger partial charge in [0.15, 0.2) is 0 Å². The van der Waals surface area contributed by atoms with Crippen LogP contribution in [0.4, 0.5) is 0 Å². The maximum Gasteiger partial charge on any atom is 0.316 e. The number of rotatable bonds is 3. The lowest BCUT2D eigenvalue weighted by atomic mass is 10.5. The fourth-order valence-corrected chi connectivity index (χ4v) is 1.01. The number of carboxylic acid groups (broad SMARTS) is 1. The molecule has 0 unspecified atom stereocenters. The first-order valence-corrected chi connectivity index (χ1v) is 3.71. The van der Waals surface area contributed by atoms with Crippen LogP contribution in [0, 0.1) is 0 Å². The third kappa shape index (κ3) is 2.19. The lowest BCUT2D eigenvalue weighted by molar-refractivity contribution is -0.136. The number of hydrogen-bond donors (Lipinski definition) is 2. The van der Waals surface area contributed by atoms with E-state index >= 15 is 0 Å². The van der Waals surface area contributed by atoms with E-state index in [2.05, 4.69) is 20.6 Å². The van der Waals surface area contributed by atoms with Gasteiger partial charge in [0, 0.05) is 0 Å². The van der Waals surface area contributed by atoms with Gasteiger partial charge >= 0.3 is 5.97 Å². The van der Waals surface area contributed by atoms with Crippen LogP contribution in [0.2, 0.25) is 0 Å². The lowest BCUT2D eigenvalue weighted by Crippen LogP contribution is -2.11. The van der Waals surface area contributed by atoms with Crippen LogP contribution in [0.1, 0.15) is 6.92 Å². The summed E-state index contributed by atoms with van der Waals surface area (Å²) in [4.78, 5) is 10.3. The maximum absolute atomic E-state index is 10.3. The zero-order valence-electron chi connectivity index (χ0n) is 5.68. The molecule has 0 aliphatic rings. The number of nitrogens with zero attached hydrogens (tertiary/aromatic N) is 3. The van der Waals surface area contributed by atoms with Crippen LogP contribution in [0.25, 0.3) is 0 Å². The summed E-state index contributed by atoms with van der Waals surface area (Å²) in [7, 11) is 0. The molecule has 1 rings (SSSR count). The molecule has 7 heteroatoms. The van der Waals surface area contributed by atoms with Gasteiger partial charge in [-0.15, -0.1) is 10.2 Å². The van der Waals surface area contributed by atoms with Crippen molar-refractivity contribution >= 4 is 17.7 Å². The van der Waals surface area contributed by atoms with Gasteiger partial charge in [-0.2, -0.15) is 5.21 Å². The van der Waals surface area contributed by atoms with Crippen molar-refractivity contribution < 1.29 is 9.90 Å². The van der Waals surface area contributed by atoms with E-state index in [1.54, 1.807) is 6.92 Å². The number of aromatic nitrogens is 4. The number of H-pyrrole nitrogens is 1. The number of hydrogen-bond acceptors (Lipinski definition) is 5. The molecule has 0 saturated heterocycles. The standard InChI is InChI=1S/C4H6N4O2S/c1-2(3(9)10)11-4-5-7-8-6-4/h2H,1H3,(H,9,10)(H,5,6,7,8)/t2-/m1/s1. The van der Waals surface area contributed by atoms with Gasteiger partial charge in [0.25, 0.3) is 0 Å². The lowest BCUT2D eigenvalue weighted by Gasteiger charge is -1.98. The Morgan fingerprint density at radius 2 is 2.55 bits per heavy atom. The molecule has 0 aliphatic heterocycles. The Morgan fingerprint density at radius 1 is 1.82 bits per heavy atom. The molecule has 0 bridgehead atoms. The molecule has 11 heavy (non-hydrogen) atoms. The summed E-state index contributed by atoms with van der Waals surface area (Å²) < 4.78 is 0. The van der Waals surface area contributed by atoms with E-state index in [1.807, 2.05) is 0 Å². The second-order valence-corrected chi connectivity index (χ2v) is 3.10. The Kier molecular flexibility index (Phi) is 2.42. The topological polar surface area (TPSA) is 91.8 Å². The first kappa shape index (κ1) is 7.99. The van der Waals surface area contributed by atoms with Crippen molar-refractivity contribution in [2.24, 2.45) is 0 Å². The van der Waals surface area contributed by atoms with Crippen molar-refractivity contribution in [1.29, 1.82) is 0 Å². The van der Waals surface area contributed by atoms with Crippen molar-refractivity contribution in [1.82, 2.24) is 20.6 Å². The molecule has 1 heterocycles. The molecule has 60 valence electrons. The highest BCUT2D eigenvalue weighted by Crippen LogP contribution is 2.16. The van der Waals surface area contributed by atoms with E-state index in [0.717, 1.165) is 11.8 Å². The fourth-order valence-electron chi connectivity index (χ4n) is 0.411. The van der Waals surface area contributed by atoms with E-state index in [4.69, 9.17) is 5.11 Å². The van der Waals surface area contributed by atoms with Gasteiger partial charge < -0.3 is 5.11 Å². The summed E-state index contributed by atoms with van der Waals surface area (Å²) in [5.41, 5.74) is 0. The number of nitrogens with one attached hydrogen (secondary N) is 1. The van der Waals surface area contributed by atoms with Crippen molar-refractivity contribution in [3.8, 4) is 0 Å². The second-order valence-electron chi connectivity index (χ2n) is 1.79. The van der Waals surface area contributed by atoms with Crippen LogP contribution in [0.5, 0.6) is 0 Å². The van der Waals surface area contributed by atoms with Crippen LogP contribution in [-0.2, 0) is 4.79 Å². The SMILES string of the molecule is C[C@@H](Sc1nn[nH]n1)C(=O)O. The van der Waals surface area contributed by atoms with Gasteiger partial charge in [0.2, 0.25) is 5.16 Å². The molecular formula is C4H6N4O2S. The Morgan fingerprint density at radius 3 is 3.00 bits per heavy atom. The van der Waals surface area contributed by atoms with Crippen molar-refractivity contribution in [3.05, 3.63) is 0 Å². The normalized spacial score (nSPS) is 12.8. The summed E-state index contributed by atoms with van der Waals surface area (Å²) in [6, 6.07) is 0. The number of aliphatic carboxylic acids is 1. The van der Waals surface area contributed by atoms with Crippen LogP contribution < -0.4 is 0 Å². The van der Waals surface area contributed by atoms with Gasteiger partial charge in [-0.25, -0.2) is 0 Å². The summed E-state index contributed by atoms with van der Waals surface area (Å²) in [5, 5.41) is 21.0. The van der Waals surface area contributed by atoms with Crippen LogP contribution in [0.15, 0.2) is 5.16 Å². The Bertz CT molecular complexity index is 236. The average Bonchev–Trinajstić information content (AvgIpc) is 2.39. The predicted octanol–water partition coefficient (Wildman–Crippen LogP) is -0.235. The maximum atomic E-state index is 10.3. The van der Waals surface area contributed by atoms with Crippen LogP contribution in [-0.4, -0.2) is 36.9 Å². The molecular weight excluding hydrogens is 168 g/mol. The Balaban J connectivity index is 2.50. The Labute approximate surface area is 66.4 Å². The predicted molar refractivity (Wildman–Crippen MR) is 37.1 cm³/mol. The van der Waals surface area contributed by atoms with Crippen LogP contribution in [0.3, 0.4) is 0 Å². The minimum absolute atomic E-state index is 0.347. The van der Waals surface area contributed by atoms with E-state index < -0.39 is 11.2 Å². The van der Waals surface area contributed by atoms with E-state index in [-0.39, 0.29) is 0 Å². The number of tetrazole rings is 1. The molecule has 0 radical (unpaired) electrons. The van der Waals surface area contributed by atoms with E-state index in [0.29, 0.717) is 5.16 Å². The minimum Gasteiger partial charge on any atom is -0.480 e. The molecule has 0 spiro atoms. The second kappa shape index (κ2) is 3.33. The highest BCUT2D eigenvalue weighted by molar-refractivity contribution is 8.00. The molecule has 0 aromatic carbocycles. The van der Waals surface area contributed by atoms with E-state index in [1.165, 1.54) is 0 Å². The van der Waals surface area contributed by atoms with Gasteiger partial charge in [0.1, 0.15) is 5.25 Å². The van der Waals surface area contributed by atoms with Crippen molar-refractivity contribution in [3.63, 3.8) is 0 Å². The first-order valence-electron chi connectivity index (χ1n) is 2.83. The molecule has 6 nitrogen and oxygen atoms in total. The van der Waals surface area contributed by atoms with Gasteiger partial charge in [-0.05, 0) is 12.1 Å². The first-order chi connectivity index (χ1) is 5.20. The smallest absolute Gasteiger partial charge is 0.316 e. The summed E-state index contributed by atoms with van der Waals surface area (Å²) in [5.74, 6) is -0.889. The highest BCUT2D eigenvalue weighted by Gasteiger charge is 2.14. The zero-order chi connectivity index (χ0) is 8.27. The number of thioether (sulfide) groups is 1. The third-order valence-electron chi connectivity index (χ3n) is 0.956. The summed E-state index contributed by atoms with van der Waals surface area (Å²) in [6.45, 7) is 1.56. The molecule has 2 N–H and O–H groups in total. The zero-order valence-corrected chi connectivity index (χ0v) is 6.50. The molecule has 1 aromatic heterocycles. The number of carbonyl (C=O) groups is 1. The molecule has 0 fully saturated rings. The monoisotopic (exact) mass is 174 g/mol. The molecule has 0 aliphatic carbocycles. The van der Waals surface area contributed by atoms with Gasteiger partial charge in [-0.3, -0.25) is 4.79 Å². The average molecular weight is 174 g/mol. The van der Waals surface area contributed by atoms with Crippen molar-refractivity contribution in [2.75, 3.05) is 0 Å². The summed E-state index contributed by atoms with van der Waals surface area (Å²) >= 11 is 1.04. The van der Waals surface area contributed by atoms with Crippen LogP contribution >= 0.6 is 11.8 Å². The van der Waals surface area contributed by atoms with Gasteiger partial charge in [-0.1, -0.05) is 11.8 Å². The summed E-state index contributed by atoms with van der Waals surface area (Å²) in [6.07, 6.45) is 0. The van der Waals surface area contributed by atoms with E-state index in [9.17, 15) is 4.79 Å². The fraction of sp³-hybridized carbons (Fsp3) is 0.500. The molecule has 0 saturated carbocycles.